The van der Waals surface area contributed by atoms with Crippen LogP contribution in [0.2, 0.25) is 0 Å². The van der Waals surface area contributed by atoms with Gasteiger partial charge in [0.15, 0.2) is 5.78 Å². The first-order valence-electron chi connectivity index (χ1n) is 4.26. The maximum Gasteiger partial charge on any atom is 0.217 e. The van der Waals surface area contributed by atoms with E-state index in [1.807, 2.05) is 0 Å². The van der Waals surface area contributed by atoms with Gasteiger partial charge in [0.05, 0.1) is 6.04 Å². The number of hydrogen-bond acceptors (Lipinski definition) is 3. The zero-order valence-corrected chi connectivity index (χ0v) is 8.22. The molecule has 0 saturated heterocycles. The minimum Gasteiger partial charge on any atom is -0.346 e. The number of carbonyl (C=O) groups excluding carboxylic acids is 3. The average Bonchev–Trinajstić information content (AvgIpc) is 2.02. The molecule has 0 saturated carbocycles. The van der Waals surface area contributed by atoms with Crippen LogP contribution in [0.25, 0.3) is 0 Å². The van der Waals surface area contributed by atoms with Gasteiger partial charge in [-0.1, -0.05) is 6.92 Å². The molecule has 0 rings (SSSR count). The van der Waals surface area contributed by atoms with E-state index in [2.05, 4.69) is 5.32 Å². The van der Waals surface area contributed by atoms with Gasteiger partial charge in [-0.2, -0.15) is 0 Å². The highest BCUT2D eigenvalue weighted by atomic mass is 16.2. The molecule has 74 valence electrons. The maximum absolute atomic E-state index is 11.0. The van der Waals surface area contributed by atoms with E-state index in [1.165, 1.54) is 13.8 Å². The van der Waals surface area contributed by atoms with Crippen LogP contribution >= 0.6 is 0 Å². The molecule has 1 unspecified atom stereocenters. The van der Waals surface area contributed by atoms with Crippen molar-refractivity contribution in [1.82, 2.24) is 5.32 Å². The van der Waals surface area contributed by atoms with E-state index < -0.39 is 6.04 Å². The van der Waals surface area contributed by atoms with Crippen LogP contribution in [-0.4, -0.2) is 23.5 Å². The van der Waals surface area contributed by atoms with Crippen LogP contribution in [0, 0.1) is 0 Å². The van der Waals surface area contributed by atoms with Crippen molar-refractivity contribution in [3.63, 3.8) is 0 Å². The lowest BCUT2D eigenvalue weighted by molar-refractivity contribution is -0.128. The summed E-state index contributed by atoms with van der Waals surface area (Å²) in [4.78, 5) is 32.6. The zero-order chi connectivity index (χ0) is 10.4. The molecular formula is C9H15NO3. The van der Waals surface area contributed by atoms with Crippen LogP contribution in [0.15, 0.2) is 0 Å². The highest BCUT2D eigenvalue weighted by Crippen LogP contribution is 1.98. The van der Waals surface area contributed by atoms with Gasteiger partial charge in [0.1, 0.15) is 5.78 Å². The molecule has 1 atom stereocenters. The van der Waals surface area contributed by atoms with Crippen molar-refractivity contribution in [1.29, 1.82) is 0 Å². The van der Waals surface area contributed by atoms with Crippen molar-refractivity contribution < 1.29 is 14.4 Å². The Morgan fingerprint density at radius 3 is 2.08 bits per heavy atom. The summed E-state index contributed by atoms with van der Waals surface area (Å²) in [6.07, 6.45) is 0.495. The second-order valence-corrected chi connectivity index (χ2v) is 2.96. The van der Waals surface area contributed by atoms with Gasteiger partial charge in [-0.05, 0) is 6.92 Å². The Balaban J connectivity index is 4.18. The fourth-order valence-corrected chi connectivity index (χ4v) is 0.914. The molecule has 4 heteroatoms. The Hall–Kier alpha value is -1.19. The van der Waals surface area contributed by atoms with Gasteiger partial charge in [0.25, 0.3) is 0 Å². The predicted molar refractivity (Wildman–Crippen MR) is 48.2 cm³/mol. The number of hydrogen-bond donors (Lipinski definition) is 1. The molecular weight excluding hydrogens is 170 g/mol. The summed E-state index contributed by atoms with van der Waals surface area (Å²) in [7, 11) is 0. The summed E-state index contributed by atoms with van der Waals surface area (Å²) in [5, 5.41) is 2.44. The van der Waals surface area contributed by atoms with E-state index in [4.69, 9.17) is 0 Å². The van der Waals surface area contributed by atoms with Gasteiger partial charge in [-0.3, -0.25) is 14.4 Å². The SMILES string of the molecule is CCC(=O)CC(NC(C)=O)C(C)=O. The monoisotopic (exact) mass is 185 g/mol. The van der Waals surface area contributed by atoms with E-state index in [9.17, 15) is 14.4 Å². The fourth-order valence-electron chi connectivity index (χ4n) is 0.914. The molecule has 4 nitrogen and oxygen atoms in total. The topological polar surface area (TPSA) is 63.2 Å². The van der Waals surface area contributed by atoms with Crippen LogP contribution in [0.5, 0.6) is 0 Å². The summed E-state index contributed by atoms with van der Waals surface area (Å²) >= 11 is 0. The molecule has 0 bridgehead atoms. The van der Waals surface area contributed by atoms with Gasteiger partial charge in [-0.15, -0.1) is 0 Å². The van der Waals surface area contributed by atoms with Gasteiger partial charge in [-0.25, -0.2) is 0 Å². The number of ketones is 2. The van der Waals surface area contributed by atoms with E-state index in [-0.39, 0.29) is 23.9 Å². The van der Waals surface area contributed by atoms with Crippen LogP contribution in [-0.2, 0) is 14.4 Å². The maximum atomic E-state index is 11.0. The minimum atomic E-state index is -0.648. The molecule has 0 spiro atoms. The average molecular weight is 185 g/mol. The lowest BCUT2D eigenvalue weighted by Gasteiger charge is -2.12. The number of nitrogens with one attached hydrogen (secondary N) is 1. The van der Waals surface area contributed by atoms with Crippen LogP contribution in [0.4, 0.5) is 0 Å². The van der Waals surface area contributed by atoms with Crippen molar-refractivity contribution in [3.05, 3.63) is 0 Å². The summed E-state index contributed by atoms with van der Waals surface area (Å²) in [6, 6.07) is -0.648. The predicted octanol–water partition coefficient (Wildman–Crippen LogP) is 0.449. The summed E-state index contributed by atoms with van der Waals surface area (Å²) < 4.78 is 0. The molecule has 0 aromatic rings. The molecule has 0 aliphatic rings. The number of Topliss-reactive ketones (excluding diaryl/α,β-unsaturated/α-hetero) is 2. The van der Waals surface area contributed by atoms with Crippen molar-refractivity contribution in [2.45, 2.75) is 39.7 Å². The molecule has 0 aliphatic heterocycles. The molecule has 0 heterocycles. The third-order valence-corrected chi connectivity index (χ3v) is 1.69. The molecule has 0 fully saturated rings. The van der Waals surface area contributed by atoms with Crippen molar-refractivity contribution >= 4 is 17.5 Å². The van der Waals surface area contributed by atoms with Crippen LogP contribution < -0.4 is 5.32 Å². The summed E-state index contributed by atoms with van der Waals surface area (Å²) in [5.41, 5.74) is 0. The van der Waals surface area contributed by atoms with E-state index in [0.29, 0.717) is 6.42 Å². The van der Waals surface area contributed by atoms with Crippen molar-refractivity contribution in [2.24, 2.45) is 0 Å². The van der Waals surface area contributed by atoms with Crippen LogP contribution in [0.1, 0.15) is 33.6 Å². The summed E-state index contributed by atoms with van der Waals surface area (Å²) in [6.45, 7) is 4.42. The third-order valence-electron chi connectivity index (χ3n) is 1.69. The summed E-state index contributed by atoms with van der Waals surface area (Å²) in [5.74, 6) is -0.491. The Labute approximate surface area is 77.7 Å². The normalized spacial score (nSPS) is 11.9. The Kier molecular flexibility index (Phi) is 4.96. The first-order chi connectivity index (χ1) is 5.97. The molecule has 0 aromatic heterocycles. The van der Waals surface area contributed by atoms with E-state index in [1.54, 1.807) is 6.92 Å². The largest absolute Gasteiger partial charge is 0.346 e. The number of amides is 1. The smallest absolute Gasteiger partial charge is 0.217 e. The number of rotatable bonds is 5. The van der Waals surface area contributed by atoms with E-state index >= 15 is 0 Å². The van der Waals surface area contributed by atoms with E-state index in [0.717, 1.165) is 0 Å². The first-order valence-corrected chi connectivity index (χ1v) is 4.26. The molecule has 1 N–H and O–H groups in total. The zero-order valence-electron chi connectivity index (χ0n) is 8.22. The van der Waals surface area contributed by atoms with Crippen molar-refractivity contribution in [3.8, 4) is 0 Å². The standard InChI is InChI=1S/C9H15NO3/c1-4-8(13)5-9(6(2)11)10-7(3)12/h9H,4-5H2,1-3H3,(H,10,12). The molecule has 0 radical (unpaired) electrons. The number of carbonyl (C=O) groups is 3. The Morgan fingerprint density at radius 1 is 1.23 bits per heavy atom. The third kappa shape index (κ3) is 5.11. The van der Waals surface area contributed by atoms with Crippen molar-refractivity contribution in [2.75, 3.05) is 0 Å². The van der Waals surface area contributed by atoms with Crippen LogP contribution in [0.3, 0.4) is 0 Å². The first kappa shape index (κ1) is 11.8. The molecule has 0 aromatic carbocycles. The Bertz CT molecular complexity index is 223. The van der Waals surface area contributed by atoms with Gasteiger partial charge >= 0.3 is 0 Å². The second kappa shape index (κ2) is 5.45. The van der Waals surface area contributed by atoms with Gasteiger partial charge in [0, 0.05) is 19.8 Å². The lowest BCUT2D eigenvalue weighted by Crippen LogP contribution is -2.39. The van der Waals surface area contributed by atoms with Gasteiger partial charge < -0.3 is 5.32 Å². The highest BCUT2D eigenvalue weighted by molar-refractivity contribution is 5.91. The quantitative estimate of drug-likeness (QED) is 0.676. The lowest BCUT2D eigenvalue weighted by atomic mass is 10.1. The Morgan fingerprint density at radius 2 is 1.77 bits per heavy atom. The second-order valence-electron chi connectivity index (χ2n) is 2.96. The fraction of sp³-hybridized carbons (Fsp3) is 0.667. The molecule has 1 amide bonds. The van der Waals surface area contributed by atoms with Gasteiger partial charge in [0.2, 0.25) is 5.91 Å². The molecule has 0 aliphatic carbocycles. The minimum absolute atomic E-state index is 0.0195. The molecule has 13 heavy (non-hydrogen) atoms. The highest BCUT2D eigenvalue weighted by Gasteiger charge is 2.17.